The van der Waals surface area contributed by atoms with Gasteiger partial charge in [0.1, 0.15) is 17.0 Å². The average Bonchev–Trinajstić information content (AvgIpc) is 3.49. The molecule has 0 saturated heterocycles. The molecule has 0 bridgehead atoms. The Hall–Kier alpha value is -4.79. The normalized spacial score (nSPS) is 12.3. The summed E-state index contributed by atoms with van der Waals surface area (Å²) in [5, 5.41) is 7.35. The highest BCUT2D eigenvalue weighted by Gasteiger charge is 2.31. The van der Waals surface area contributed by atoms with Crippen molar-refractivity contribution in [2.75, 3.05) is 17.7 Å². The number of anilines is 2. The van der Waals surface area contributed by atoms with Gasteiger partial charge in [0, 0.05) is 46.7 Å². The summed E-state index contributed by atoms with van der Waals surface area (Å²) in [6, 6.07) is 17.1. The molecule has 0 saturated carbocycles. The average molecular weight is 512 g/mol. The topological polar surface area (TPSA) is 110 Å². The van der Waals surface area contributed by atoms with Crippen molar-refractivity contribution < 1.29 is 19.1 Å². The van der Waals surface area contributed by atoms with Crippen molar-refractivity contribution in [3.05, 3.63) is 84.8 Å². The highest BCUT2D eigenvalue weighted by Crippen LogP contribution is 2.34. The van der Waals surface area contributed by atoms with Gasteiger partial charge in [0.05, 0.1) is 18.3 Å². The second-order valence-corrected chi connectivity index (χ2v) is 9.85. The van der Waals surface area contributed by atoms with E-state index in [1.807, 2.05) is 67.9 Å². The van der Waals surface area contributed by atoms with Crippen LogP contribution in [0.2, 0.25) is 0 Å². The number of rotatable bonds is 6. The lowest BCUT2D eigenvalue weighted by Crippen LogP contribution is -2.30. The number of fused-ring (bicyclic) bond motifs is 2. The van der Waals surface area contributed by atoms with Crippen LogP contribution >= 0.6 is 0 Å². The lowest BCUT2D eigenvalue weighted by atomic mass is 10.1. The van der Waals surface area contributed by atoms with Crippen molar-refractivity contribution in [2.45, 2.75) is 32.4 Å². The van der Waals surface area contributed by atoms with Gasteiger partial charge in [-0.2, -0.15) is 0 Å². The van der Waals surface area contributed by atoms with Crippen LogP contribution in [0.4, 0.5) is 16.2 Å². The van der Waals surface area contributed by atoms with Crippen LogP contribution in [0.3, 0.4) is 0 Å². The van der Waals surface area contributed by atoms with E-state index in [4.69, 9.17) is 9.47 Å². The molecule has 0 aliphatic rings. The van der Waals surface area contributed by atoms with Crippen molar-refractivity contribution in [2.24, 2.45) is 0 Å². The molecule has 0 spiro atoms. The van der Waals surface area contributed by atoms with E-state index in [2.05, 4.69) is 20.6 Å². The van der Waals surface area contributed by atoms with Gasteiger partial charge < -0.3 is 29.7 Å². The summed E-state index contributed by atoms with van der Waals surface area (Å²) >= 11 is 0. The second kappa shape index (κ2) is 9.93. The van der Waals surface area contributed by atoms with Crippen LogP contribution < -0.4 is 15.4 Å². The Morgan fingerprint density at radius 1 is 1.00 bits per heavy atom. The third-order valence-corrected chi connectivity index (χ3v) is 6.02. The number of nitrogens with one attached hydrogen (secondary N) is 3. The number of methoxy groups -OCH3 is 1. The SMILES string of the molecule is COc1cccc(NC(=O)Nc2cccc3c2ccn3C(C(=O)OC(C)(C)C)c2c[nH]c3ncccc23)c1. The van der Waals surface area contributed by atoms with Crippen LogP contribution in [-0.2, 0) is 9.53 Å². The number of pyridine rings is 1. The number of carbonyl (C=O) groups excluding carboxylic acids is 2. The highest BCUT2D eigenvalue weighted by atomic mass is 16.6. The molecule has 9 heteroatoms. The zero-order valence-corrected chi connectivity index (χ0v) is 21.6. The molecular weight excluding hydrogens is 482 g/mol. The number of ether oxygens (including phenoxy) is 2. The minimum atomic E-state index is -0.773. The first-order valence-electron chi connectivity index (χ1n) is 12.2. The second-order valence-electron chi connectivity index (χ2n) is 9.85. The first-order chi connectivity index (χ1) is 18.2. The van der Waals surface area contributed by atoms with Gasteiger partial charge in [0.25, 0.3) is 0 Å². The number of nitrogens with zero attached hydrogens (tertiary/aromatic N) is 2. The summed E-state index contributed by atoms with van der Waals surface area (Å²) < 4.78 is 12.9. The van der Waals surface area contributed by atoms with Crippen LogP contribution in [0.25, 0.3) is 21.9 Å². The largest absolute Gasteiger partial charge is 0.497 e. The fourth-order valence-electron chi connectivity index (χ4n) is 4.46. The van der Waals surface area contributed by atoms with Gasteiger partial charge >= 0.3 is 12.0 Å². The highest BCUT2D eigenvalue weighted by molar-refractivity contribution is 6.06. The predicted molar refractivity (Wildman–Crippen MR) is 148 cm³/mol. The van der Waals surface area contributed by atoms with E-state index in [0.29, 0.717) is 22.8 Å². The third kappa shape index (κ3) is 5.04. The monoisotopic (exact) mass is 511 g/mol. The number of H-pyrrole nitrogens is 1. The molecule has 3 heterocycles. The summed E-state index contributed by atoms with van der Waals surface area (Å²) in [6.45, 7) is 5.53. The Morgan fingerprint density at radius 3 is 2.61 bits per heavy atom. The number of aromatic amines is 1. The predicted octanol–water partition coefficient (Wildman–Crippen LogP) is 6.10. The van der Waals surface area contributed by atoms with Crippen LogP contribution in [-0.4, -0.2) is 39.2 Å². The fraction of sp³-hybridized carbons (Fsp3) is 0.207. The summed E-state index contributed by atoms with van der Waals surface area (Å²) in [6.07, 6.45) is 5.33. The van der Waals surface area contributed by atoms with Crippen molar-refractivity contribution in [3.63, 3.8) is 0 Å². The molecule has 5 rings (SSSR count). The quantitative estimate of drug-likeness (QED) is 0.239. The van der Waals surface area contributed by atoms with Crippen LogP contribution in [0.5, 0.6) is 5.75 Å². The Morgan fingerprint density at radius 2 is 1.82 bits per heavy atom. The number of amides is 2. The molecule has 9 nitrogen and oxygen atoms in total. The Labute approximate surface area is 219 Å². The lowest BCUT2D eigenvalue weighted by molar-refractivity contribution is -0.157. The van der Waals surface area contributed by atoms with E-state index in [1.165, 1.54) is 0 Å². The number of hydrogen-bond donors (Lipinski definition) is 3. The van der Waals surface area contributed by atoms with Crippen molar-refractivity contribution in [1.82, 2.24) is 14.5 Å². The number of benzene rings is 2. The molecule has 0 aliphatic heterocycles. The minimum Gasteiger partial charge on any atom is -0.497 e. The standard InChI is InChI=1S/C29H29N5O4/c1-29(2,3)38-27(35)25(22-17-31-26-20(22)10-7-14-30-26)34-15-13-21-23(11-6-12-24(21)34)33-28(36)32-18-8-5-9-19(16-18)37-4/h5-17,25H,1-4H3,(H,30,31)(H2,32,33,36). The van der Waals surface area contributed by atoms with Crippen LogP contribution in [0.15, 0.2) is 79.3 Å². The summed E-state index contributed by atoms with van der Waals surface area (Å²) in [5.41, 5.74) is 2.72. The van der Waals surface area contributed by atoms with Gasteiger partial charge in [-0.1, -0.05) is 12.1 Å². The van der Waals surface area contributed by atoms with E-state index in [9.17, 15) is 9.59 Å². The fourth-order valence-corrected chi connectivity index (χ4v) is 4.46. The maximum absolute atomic E-state index is 13.6. The molecule has 38 heavy (non-hydrogen) atoms. The Kier molecular flexibility index (Phi) is 6.50. The molecule has 3 N–H and O–H groups in total. The van der Waals surface area contributed by atoms with Crippen molar-refractivity contribution in [3.8, 4) is 5.75 Å². The van der Waals surface area contributed by atoms with E-state index < -0.39 is 23.6 Å². The molecule has 1 atom stereocenters. The first kappa shape index (κ1) is 24.9. The maximum atomic E-state index is 13.6. The summed E-state index contributed by atoms with van der Waals surface area (Å²) in [4.78, 5) is 33.9. The molecule has 0 aliphatic carbocycles. The Balaban J connectivity index is 1.51. The van der Waals surface area contributed by atoms with Gasteiger partial charge in [0.15, 0.2) is 6.04 Å². The molecule has 0 radical (unpaired) electrons. The third-order valence-electron chi connectivity index (χ3n) is 6.02. The van der Waals surface area contributed by atoms with Crippen LogP contribution in [0.1, 0.15) is 32.4 Å². The molecule has 2 aromatic carbocycles. The van der Waals surface area contributed by atoms with Gasteiger partial charge in [-0.3, -0.25) is 0 Å². The Bertz CT molecular complexity index is 1630. The number of urea groups is 1. The van der Waals surface area contributed by atoms with E-state index >= 15 is 0 Å². The minimum absolute atomic E-state index is 0.395. The molecule has 2 amide bonds. The zero-order valence-electron chi connectivity index (χ0n) is 21.6. The molecule has 5 aromatic rings. The molecule has 194 valence electrons. The number of hydrogen-bond acceptors (Lipinski definition) is 5. The van der Waals surface area contributed by atoms with Crippen molar-refractivity contribution >= 4 is 45.3 Å². The molecule has 0 fully saturated rings. The molecular formula is C29H29N5O4. The summed E-state index contributed by atoms with van der Waals surface area (Å²) in [5.74, 6) is 0.247. The number of aromatic nitrogens is 3. The smallest absolute Gasteiger partial charge is 0.334 e. The van der Waals surface area contributed by atoms with Gasteiger partial charge in [-0.25, -0.2) is 14.6 Å². The van der Waals surface area contributed by atoms with E-state index in [0.717, 1.165) is 21.9 Å². The van der Waals surface area contributed by atoms with Gasteiger partial charge in [0.2, 0.25) is 0 Å². The summed E-state index contributed by atoms with van der Waals surface area (Å²) in [7, 11) is 1.57. The molecule has 3 aromatic heterocycles. The van der Waals surface area contributed by atoms with Crippen molar-refractivity contribution in [1.29, 1.82) is 0 Å². The maximum Gasteiger partial charge on any atom is 0.334 e. The van der Waals surface area contributed by atoms with Crippen LogP contribution in [0, 0.1) is 0 Å². The lowest BCUT2D eigenvalue weighted by Gasteiger charge is -2.25. The first-order valence-corrected chi connectivity index (χ1v) is 12.2. The number of esters is 1. The van der Waals surface area contributed by atoms with E-state index in [-0.39, 0.29) is 0 Å². The zero-order chi connectivity index (χ0) is 26.9. The molecule has 1 unspecified atom stereocenters. The van der Waals surface area contributed by atoms with Gasteiger partial charge in [-0.05, 0) is 63.2 Å². The van der Waals surface area contributed by atoms with E-state index in [1.54, 1.807) is 43.8 Å². The van der Waals surface area contributed by atoms with Gasteiger partial charge in [-0.15, -0.1) is 0 Å². The number of carbonyl (C=O) groups is 2.